The molecular formula is C19H28N4O2S. The van der Waals surface area contributed by atoms with Crippen LogP contribution in [0.15, 0.2) is 12.4 Å². The third-order valence-corrected chi connectivity index (χ3v) is 5.96. The number of piperidine rings is 1. The molecular weight excluding hydrogens is 348 g/mol. The van der Waals surface area contributed by atoms with Crippen LogP contribution in [0.1, 0.15) is 38.0 Å². The first-order valence-electron chi connectivity index (χ1n) is 9.56. The first-order chi connectivity index (χ1) is 12.7. The molecule has 1 amide bonds. The number of hydrogen-bond acceptors (Lipinski definition) is 6. The molecule has 2 aromatic rings. The van der Waals surface area contributed by atoms with Gasteiger partial charge in [-0.25, -0.2) is 9.97 Å². The Kier molecular flexibility index (Phi) is 6.80. The first kappa shape index (κ1) is 19.0. The number of hydrogen-bond donors (Lipinski definition) is 1. The zero-order valence-electron chi connectivity index (χ0n) is 15.7. The van der Waals surface area contributed by atoms with E-state index in [-0.39, 0.29) is 11.8 Å². The number of anilines is 1. The second kappa shape index (κ2) is 9.28. The van der Waals surface area contributed by atoms with Gasteiger partial charge in [0, 0.05) is 37.7 Å². The number of nitrogens with zero attached hydrogens (tertiary/aromatic N) is 3. The molecule has 7 heteroatoms. The summed E-state index contributed by atoms with van der Waals surface area (Å²) in [5.74, 6) is 1.14. The van der Waals surface area contributed by atoms with Crippen LogP contribution in [0.3, 0.4) is 0 Å². The standard InChI is InChI=1S/C19H28N4O2S/c1-3-15-11-16-17(21-13-22-19(16)26-15)23-9-5-7-14(12-23)18(24)20-8-6-10-25-4-2/h11,13-14H,3-10,12H2,1-2H3,(H,20,24)/t14-/m0/s1. The number of carbonyl (C=O) groups is 1. The maximum atomic E-state index is 12.5. The van der Waals surface area contributed by atoms with Crippen molar-refractivity contribution in [3.8, 4) is 0 Å². The fourth-order valence-electron chi connectivity index (χ4n) is 3.38. The summed E-state index contributed by atoms with van der Waals surface area (Å²) in [6, 6.07) is 2.20. The Morgan fingerprint density at radius 2 is 2.31 bits per heavy atom. The summed E-state index contributed by atoms with van der Waals surface area (Å²) in [6.07, 6.45) is 5.45. The van der Waals surface area contributed by atoms with Crippen LogP contribution < -0.4 is 10.2 Å². The van der Waals surface area contributed by atoms with Crippen LogP contribution in [0, 0.1) is 5.92 Å². The molecule has 0 spiro atoms. The lowest BCUT2D eigenvalue weighted by Gasteiger charge is -2.33. The van der Waals surface area contributed by atoms with Crippen LogP contribution >= 0.6 is 11.3 Å². The van der Waals surface area contributed by atoms with Crippen LogP contribution in [0.25, 0.3) is 10.2 Å². The topological polar surface area (TPSA) is 67.3 Å². The number of amides is 1. The minimum absolute atomic E-state index is 0.0186. The summed E-state index contributed by atoms with van der Waals surface area (Å²) >= 11 is 1.73. The van der Waals surface area contributed by atoms with Crippen molar-refractivity contribution in [3.05, 3.63) is 17.3 Å². The molecule has 1 atom stereocenters. The number of aromatic nitrogens is 2. The first-order valence-corrected chi connectivity index (χ1v) is 10.4. The van der Waals surface area contributed by atoms with Crippen LogP contribution in [0.4, 0.5) is 5.82 Å². The van der Waals surface area contributed by atoms with E-state index >= 15 is 0 Å². The van der Waals surface area contributed by atoms with Gasteiger partial charge in [-0.05, 0) is 38.7 Å². The second-order valence-corrected chi connectivity index (χ2v) is 7.72. The number of fused-ring (bicyclic) bond motifs is 1. The van der Waals surface area contributed by atoms with E-state index in [0.29, 0.717) is 13.2 Å². The molecule has 0 saturated carbocycles. The zero-order chi connectivity index (χ0) is 18.4. The van der Waals surface area contributed by atoms with Crippen molar-refractivity contribution in [1.29, 1.82) is 0 Å². The molecule has 0 radical (unpaired) electrons. The SMILES string of the molecule is CCOCCCNC(=O)[C@H]1CCCN(c2ncnc3sc(CC)cc23)C1. The van der Waals surface area contributed by atoms with Gasteiger partial charge in [0.25, 0.3) is 0 Å². The van der Waals surface area contributed by atoms with Crippen molar-refractivity contribution in [2.75, 3.05) is 37.7 Å². The Balaban J connectivity index is 1.63. The number of carbonyl (C=O) groups excluding carboxylic acids is 1. The smallest absolute Gasteiger partial charge is 0.224 e. The normalized spacial score (nSPS) is 17.6. The van der Waals surface area contributed by atoms with Crippen molar-refractivity contribution in [3.63, 3.8) is 0 Å². The Morgan fingerprint density at radius 1 is 1.42 bits per heavy atom. The molecule has 1 saturated heterocycles. The summed E-state index contributed by atoms with van der Waals surface area (Å²) in [4.78, 5) is 26.1. The van der Waals surface area contributed by atoms with Crippen LogP contribution in [-0.4, -0.2) is 48.7 Å². The zero-order valence-corrected chi connectivity index (χ0v) is 16.5. The van der Waals surface area contributed by atoms with E-state index < -0.39 is 0 Å². The van der Waals surface area contributed by atoms with E-state index in [4.69, 9.17) is 4.74 Å². The van der Waals surface area contributed by atoms with Crippen LogP contribution in [-0.2, 0) is 16.0 Å². The number of rotatable bonds is 8. The minimum atomic E-state index is 0.0186. The molecule has 1 aliphatic rings. The highest BCUT2D eigenvalue weighted by Crippen LogP contribution is 2.32. The van der Waals surface area contributed by atoms with E-state index in [2.05, 4.69) is 33.2 Å². The molecule has 3 rings (SSSR count). The Labute approximate surface area is 159 Å². The highest BCUT2D eigenvalue weighted by Gasteiger charge is 2.27. The predicted octanol–water partition coefficient (Wildman–Crippen LogP) is 3.01. The third-order valence-electron chi connectivity index (χ3n) is 4.77. The van der Waals surface area contributed by atoms with Crippen molar-refractivity contribution in [2.24, 2.45) is 5.92 Å². The van der Waals surface area contributed by atoms with E-state index in [1.807, 2.05) is 6.92 Å². The van der Waals surface area contributed by atoms with Gasteiger partial charge in [0.2, 0.25) is 5.91 Å². The number of nitrogens with one attached hydrogen (secondary N) is 1. The number of ether oxygens (including phenoxy) is 1. The van der Waals surface area contributed by atoms with Crippen LogP contribution in [0.2, 0.25) is 0 Å². The highest BCUT2D eigenvalue weighted by molar-refractivity contribution is 7.18. The molecule has 1 fully saturated rings. The van der Waals surface area contributed by atoms with Crippen molar-refractivity contribution in [1.82, 2.24) is 15.3 Å². The van der Waals surface area contributed by atoms with Gasteiger partial charge in [0.05, 0.1) is 11.3 Å². The molecule has 0 unspecified atom stereocenters. The molecule has 6 nitrogen and oxygen atoms in total. The third kappa shape index (κ3) is 4.51. The minimum Gasteiger partial charge on any atom is -0.382 e. The summed E-state index contributed by atoms with van der Waals surface area (Å²) in [7, 11) is 0. The maximum absolute atomic E-state index is 12.5. The summed E-state index contributed by atoms with van der Waals surface area (Å²) in [6.45, 7) is 7.91. The van der Waals surface area contributed by atoms with E-state index in [9.17, 15) is 4.79 Å². The van der Waals surface area contributed by atoms with E-state index in [1.54, 1.807) is 17.7 Å². The molecule has 1 aliphatic heterocycles. The highest BCUT2D eigenvalue weighted by atomic mass is 32.1. The van der Waals surface area contributed by atoms with Crippen molar-refractivity contribution < 1.29 is 9.53 Å². The van der Waals surface area contributed by atoms with Gasteiger partial charge in [0.1, 0.15) is 17.0 Å². The van der Waals surface area contributed by atoms with E-state index in [0.717, 1.165) is 61.4 Å². The lowest BCUT2D eigenvalue weighted by atomic mass is 9.97. The Bertz CT molecular complexity index is 733. The van der Waals surface area contributed by atoms with Crippen LogP contribution in [0.5, 0.6) is 0 Å². The van der Waals surface area contributed by atoms with Crippen molar-refractivity contribution in [2.45, 2.75) is 39.5 Å². The summed E-state index contributed by atoms with van der Waals surface area (Å²) < 4.78 is 5.32. The molecule has 0 bridgehead atoms. The molecule has 142 valence electrons. The van der Waals surface area contributed by atoms with E-state index in [1.165, 1.54) is 4.88 Å². The van der Waals surface area contributed by atoms with Gasteiger partial charge in [-0.2, -0.15) is 0 Å². The number of aryl methyl sites for hydroxylation is 1. The monoisotopic (exact) mass is 376 g/mol. The average Bonchev–Trinajstić information content (AvgIpc) is 3.11. The van der Waals surface area contributed by atoms with Gasteiger partial charge < -0.3 is 15.0 Å². The fraction of sp³-hybridized carbons (Fsp3) is 0.632. The lowest BCUT2D eigenvalue weighted by molar-refractivity contribution is -0.125. The molecule has 0 aliphatic carbocycles. The van der Waals surface area contributed by atoms with Gasteiger partial charge in [0.15, 0.2) is 0 Å². The predicted molar refractivity (Wildman–Crippen MR) is 106 cm³/mol. The molecule has 2 aromatic heterocycles. The average molecular weight is 377 g/mol. The van der Waals surface area contributed by atoms with Gasteiger partial charge in [-0.15, -0.1) is 11.3 Å². The Hall–Kier alpha value is -1.73. The van der Waals surface area contributed by atoms with Gasteiger partial charge >= 0.3 is 0 Å². The summed E-state index contributed by atoms with van der Waals surface area (Å²) in [5, 5.41) is 4.18. The fourth-order valence-corrected chi connectivity index (χ4v) is 4.31. The van der Waals surface area contributed by atoms with Crippen molar-refractivity contribution >= 4 is 33.3 Å². The Morgan fingerprint density at radius 3 is 3.12 bits per heavy atom. The quantitative estimate of drug-likeness (QED) is 0.718. The maximum Gasteiger partial charge on any atom is 0.224 e. The molecule has 1 N–H and O–H groups in total. The second-order valence-electron chi connectivity index (χ2n) is 6.61. The molecule has 0 aromatic carbocycles. The molecule has 3 heterocycles. The molecule has 26 heavy (non-hydrogen) atoms. The number of thiophene rings is 1. The summed E-state index contributed by atoms with van der Waals surface area (Å²) in [5.41, 5.74) is 0. The van der Waals surface area contributed by atoms with Gasteiger partial charge in [-0.3, -0.25) is 4.79 Å². The lowest BCUT2D eigenvalue weighted by Crippen LogP contribution is -2.43. The largest absolute Gasteiger partial charge is 0.382 e. The van der Waals surface area contributed by atoms with Gasteiger partial charge in [-0.1, -0.05) is 6.92 Å².